The van der Waals surface area contributed by atoms with Crippen LogP contribution in [-0.2, 0) is 4.79 Å². The van der Waals surface area contributed by atoms with E-state index in [2.05, 4.69) is 25.2 Å². The maximum absolute atomic E-state index is 12.6. The monoisotopic (exact) mass is 422 g/mol. The number of anilines is 1. The van der Waals surface area contributed by atoms with Crippen molar-refractivity contribution in [3.05, 3.63) is 18.6 Å². The number of hydrogen-bond acceptors (Lipinski definition) is 7. The summed E-state index contributed by atoms with van der Waals surface area (Å²) in [6, 6.07) is 0.380. The lowest BCUT2D eigenvalue weighted by atomic mass is 9.93. The van der Waals surface area contributed by atoms with E-state index >= 15 is 0 Å². The molecule has 2 N–H and O–H groups in total. The van der Waals surface area contributed by atoms with Gasteiger partial charge in [-0.25, -0.2) is 9.97 Å². The van der Waals surface area contributed by atoms with Gasteiger partial charge < -0.3 is 14.9 Å². The molecule has 2 unspecified atom stereocenters. The topological polar surface area (TPSA) is 116 Å². The molecule has 5 heterocycles. The number of nitrogens with zero attached hydrogens (tertiary/aromatic N) is 7. The van der Waals surface area contributed by atoms with Gasteiger partial charge in [0.15, 0.2) is 0 Å². The minimum Gasteiger partial charge on any atom is -0.393 e. The van der Waals surface area contributed by atoms with Crippen LogP contribution in [0.1, 0.15) is 44.6 Å². The lowest BCUT2D eigenvalue weighted by Gasteiger charge is -2.38. The zero-order chi connectivity index (χ0) is 21.1. The number of aliphatic hydroxyl groups excluding tert-OH is 1. The average molecular weight is 422 g/mol. The lowest BCUT2D eigenvalue weighted by molar-refractivity contribution is -0.132. The van der Waals surface area contributed by atoms with Crippen molar-refractivity contribution in [1.82, 2.24) is 34.8 Å². The molecule has 0 spiro atoms. The van der Waals surface area contributed by atoms with Crippen LogP contribution in [0.3, 0.4) is 0 Å². The van der Waals surface area contributed by atoms with Gasteiger partial charge in [0.2, 0.25) is 11.9 Å². The molecule has 2 atom stereocenters. The predicted octanol–water partition coefficient (Wildman–Crippen LogP) is 1.50. The van der Waals surface area contributed by atoms with Gasteiger partial charge in [-0.1, -0.05) is 0 Å². The van der Waals surface area contributed by atoms with E-state index in [0.717, 1.165) is 60.8 Å². The number of aromatic nitrogens is 6. The molecular formula is C21H26N8O2. The fourth-order valence-corrected chi connectivity index (χ4v) is 5.38. The summed E-state index contributed by atoms with van der Waals surface area (Å²) in [7, 11) is 1.87. The summed E-state index contributed by atoms with van der Waals surface area (Å²) in [6.45, 7) is 0.706. The van der Waals surface area contributed by atoms with Crippen molar-refractivity contribution in [3.8, 4) is 11.3 Å². The highest BCUT2D eigenvalue weighted by molar-refractivity contribution is 5.91. The van der Waals surface area contributed by atoms with Gasteiger partial charge >= 0.3 is 0 Å². The molecule has 3 aromatic heterocycles. The maximum Gasteiger partial charge on any atom is 0.245 e. The van der Waals surface area contributed by atoms with Crippen LogP contribution in [0, 0.1) is 0 Å². The number of carbonyl (C=O) groups excluding carboxylic acids is 1. The molecule has 1 aliphatic carbocycles. The zero-order valence-corrected chi connectivity index (χ0v) is 17.5. The van der Waals surface area contributed by atoms with Gasteiger partial charge in [-0.05, 0) is 38.5 Å². The van der Waals surface area contributed by atoms with Crippen LogP contribution in [0.15, 0.2) is 18.6 Å². The molecule has 1 amide bonds. The number of carbonyl (C=O) groups is 1. The highest BCUT2D eigenvalue weighted by Crippen LogP contribution is 2.35. The van der Waals surface area contributed by atoms with Crippen LogP contribution in [0.2, 0.25) is 0 Å². The van der Waals surface area contributed by atoms with Crippen molar-refractivity contribution in [3.63, 3.8) is 0 Å². The second-order valence-corrected chi connectivity index (χ2v) is 9.05. The summed E-state index contributed by atoms with van der Waals surface area (Å²) in [6.07, 6.45) is 10.7. The van der Waals surface area contributed by atoms with E-state index in [-0.39, 0.29) is 24.1 Å². The molecule has 6 rings (SSSR count). The van der Waals surface area contributed by atoms with Crippen molar-refractivity contribution >= 4 is 22.9 Å². The highest BCUT2D eigenvalue weighted by atomic mass is 16.3. The first kappa shape index (κ1) is 18.7. The third kappa shape index (κ3) is 3.00. The van der Waals surface area contributed by atoms with Crippen LogP contribution in [0.5, 0.6) is 0 Å². The Morgan fingerprint density at radius 3 is 2.74 bits per heavy atom. The van der Waals surface area contributed by atoms with E-state index in [0.29, 0.717) is 18.5 Å². The Balaban J connectivity index is 1.33. The SMILES string of the molecule is CN1CC2CCC(C1=O)N2c1ncc2[nH]nc(-c3cnn(C4CCC(O)CC4)c3)c2n1. The first-order valence-corrected chi connectivity index (χ1v) is 11.1. The second kappa shape index (κ2) is 7.01. The Morgan fingerprint density at radius 1 is 1.10 bits per heavy atom. The fraction of sp³-hybridized carbons (Fsp3) is 0.571. The summed E-state index contributed by atoms with van der Waals surface area (Å²) in [4.78, 5) is 25.9. The number of aliphatic hydroxyl groups is 1. The van der Waals surface area contributed by atoms with Crippen molar-refractivity contribution in [2.24, 2.45) is 0 Å². The fourth-order valence-electron chi connectivity index (χ4n) is 5.38. The quantitative estimate of drug-likeness (QED) is 0.657. The van der Waals surface area contributed by atoms with Gasteiger partial charge in [-0.3, -0.25) is 14.6 Å². The largest absolute Gasteiger partial charge is 0.393 e. The smallest absolute Gasteiger partial charge is 0.245 e. The summed E-state index contributed by atoms with van der Waals surface area (Å²) in [5.41, 5.74) is 3.16. The molecule has 31 heavy (non-hydrogen) atoms. The average Bonchev–Trinajstić information content (AvgIpc) is 3.49. The minimum absolute atomic E-state index is 0.142. The van der Waals surface area contributed by atoms with Crippen LogP contribution in [0.25, 0.3) is 22.3 Å². The maximum atomic E-state index is 12.6. The molecule has 3 aliphatic rings. The van der Waals surface area contributed by atoms with Crippen LogP contribution in [0.4, 0.5) is 5.95 Å². The molecule has 162 valence electrons. The van der Waals surface area contributed by atoms with Crippen LogP contribution in [-0.4, -0.2) is 77.6 Å². The van der Waals surface area contributed by atoms with Gasteiger partial charge in [-0.2, -0.15) is 10.2 Å². The third-order valence-electron chi connectivity index (χ3n) is 7.08. The van der Waals surface area contributed by atoms with Crippen molar-refractivity contribution < 1.29 is 9.90 Å². The lowest BCUT2D eigenvalue weighted by Crippen LogP contribution is -2.56. The predicted molar refractivity (Wildman–Crippen MR) is 113 cm³/mol. The summed E-state index contributed by atoms with van der Waals surface area (Å²) < 4.78 is 1.99. The number of piperazine rings is 1. The normalized spacial score (nSPS) is 28.6. The van der Waals surface area contributed by atoms with E-state index in [4.69, 9.17) is 4.98 Å². The Bertz CT molecular complexity index is 1130. The first-order chi connectivity index (χ1) is 15.1. The number of H-pyrrole nitrogens is 1. The molecule has 2 bridgehead atoms. The Morgan fingerprint density at radius 2 is 1.90 bits per heavy atom. The summed E-state index contributed by atoms with van der Waals surface area (Å²) in [5, 5.41) is 21.9. The number of amides is 1. The number of likely N-dealkylation sites (N-methyl/N-ethyl adjacent to an activating group) is 1. The molecule has 3 fully saturated rings. The van der Waals surface area contributed by atoms with Gasteiger partial charge in [0.05, 0.1) is 30.6 Å². The van der Waals surface area contributed by atoms with Crippen molar-refractivity contribution in [2.75, 3.05) is 18.5 Å². The van der Waals surface area contributed by atoms with Gasteiger partial charge in [0.25, 0.3) is 0 Å². The number of hydrogen-bond donors (Lipinski definition) is 2. The van der Waals surface area contributed by atoms with E-state index in [1.807, 2.05) is 29.0 Å². The molecule has 10 nitrogen and oxygen atoms in total. The van der Waals surface area contributed by atoms with Crippen molar-refractivity contribution in [2.45, 2.75) is 62.8 Å². The Kier molecular flexibility index (Phi) is 4.24. The van der Waals surface area contributed by atoms with Gasteiger partial charge in [0.1, 0.15) is 22.8 Å². The molecular weight excluding hydrogens is 396 g/mol. The van der Waals surface area contributed by atoms with E-state index in [1.165, 1.54) is 0 Å². The first-order valence-electron chi connectivity index (χ1n) is 11.1. The molecule has 10 heteroatoms. The zero-order valence-electron chi connectivity index (χ0n) is 17.5. The number of nitrogens with one attached hydrogen (secondary N) is 1. The molecule has 3 aromatic rings. The molecule has 0 radical (unpaired) electrons. The Hall–Kier alpha value is -3.01. The molecule has 0 aromatic carbocycles. The van der Waals surface area contributed by atoms with E-state index in [9.17, 15) is 9.90 Å². The molecule has 2 saturated heterocycles. The summed E-state index contributed by atoms with van der Waals surface area (Å²) >= 11 is 0. The van der Waals surface area contributed by atoms with Gasteiger partial charge in [0, 0.05) is 25.4 Å². The van der Waals surface area contributed by atoms with Crippen LogP contribution < -0.4 is 4.90 Å². The standard InChI is InChI=1S/C21H26N8O2/c1-27-11-14-4-7-17(20(27)31)29(14)21-22-9-16-19(24-21)18(26-25-16)12-8-23-28(10-12)13-2-5-15(30)6-3-13/h8-10,13-15,17,30H,2-7,11H2,1H3,(H,25,26). The number of fused-ring (bicyclic) bond motifs is 3. The minimum atomic E-state index is -0.187. The van der Waals surface area contributed by atoms with Gasteiger partial charge in [-0.15, -0.1) is 0 Å². The highest BCUT2D eigenvalue weighted by Gasteiger charge is 2.45. The number of likely N-dealkylation sites (tertiary alicyclic amines) is 1. The second-order valence-electron chi connectivity index (χ2n) is 9.05. The third-order valence-corrected chi connectivity index (χ3v) is 7.08. The Labute approximate surface area is 179 Å². The van der Waals surface area contributed by atoms with Crippen LogP contribution >= 0.6 is 0 Å². The van der Waals surface area contributed by atoms with E-state index in [1.54, 1.807) is 6.20 Å². The molecule has 1 saturated carbocycles. The molecule has 2 aliphatic heterocycles. The van der Waals surface area contributed by atoms with E-state index < -0.39 is 0 Å². The number of rotatable bonds is 3. The van der Waals surface area contributed by atoms with Crippen molar-refractivity contribution in [1.29, 1.82) is 0 Å². The summed E-state index contributed by atoms with van der Waals surface area (Å²) in [5.74, 6) is 0.738. The number of aromatic amines is 1.